The SMILES string of the molecule is Cc1nc(C(=O)Nc2cccc(S(=O)(=O)N3CCCCCC3)c2)nn1-c1ccc(F)cc1. The Morgan fingerprint density at radius 3 is 2.41 bits per heavy atom. The lowest BCUT2D eigenvalue weighted by atomic mass is 10.2. The maximum Gasteiger partial charge on any atom is 0.295 e. The van der Waals surface area contributed by atoms with Gasteiger partial charge in [0.1, 0.15) is 11.6 Å². The van der Waals surface area contributed by atoms with E-state index in [2.05, 4.69) is 15.4 Å². The van der Waals surface area contributed by atoms with E-state index in [1.165, 1.54) is 45.4 Å². The molecule has 3 aromatic rings. The zero-order chi connectivity index (χ0) is 22.7. The quantitative estimate of drug-likeness (QED) is 0.632. The Morgan fingerprint density at radius 1 is 1.03 bits per heavy atom. The summed E-state index contributed by atoms with van der Waals surface area (Å²) in [5.74, 6) is -0.565. The van der Waals surface area contributed by atoms with Gasteiger partial charge >= 0.3 is 0 Å². The monoisotopic (exact) mass is 457 g/mol. The first-order valence-electron chi connectivity index (χ1n) is 10.5. The molecule has 2 aromatic carbocycles. The van der Waals surface area contributed by atoms with Gasteiger partial charge in [-0.1, -0.05) is 18.9 Å². The fraction of sp³-hybridized carbons (Fsp3) is 0.318. The standard InChI is InChI=1S/C22H24FN5O3S/c1-16-24-21(26-28(16)19-11-9-17(23)10-12-19)22(29)25-18-7-6-8-20(15-18)32(30,31)27-13-4-2-3-5-14-27/h6-12,15H,2-5,13-14H2,1H3,(H,25,29). The number of nitrogens with one attached hydrogen (secondary N) is 1. The predicted octanol–water partition coefficient (Wildman–Crippen LogP) is 3.53. The normalized spacial score (nSPS) is 15.3. The van der Waals surface area contributed by atoms with Crippen molar-refractivity contribution >= 4 is 21.6 Å². The number of nitrogens with zero attached hydrogens (tertiary/aromatic N) is 4. The maximum absolute atomic E-state index is 13.2. The Balaban J connectivity index is 1.53. The zero-order valence-electron chi connectivity index (χ0n) is 17.7. The van der Waals surface area contributed by atoms with E-state index in [-0.39, 0.29) is 16.5 Å². The summed E-state index contributed by atoms with van der Waals surface area (Å²) in [7, 11) is -3.63. The van der Waals surface area contributed by atoms with Crippen molar-refractivity contribution in [2.45, 2.75) is 37.5 Å². The van der Waals surface area contributed by atoms with E-state index in [0.717, 1.165) is 25.7 Å². The molecular formula is C22H24FN5O3S. The average molecular weight is 458 g/mol. The summed E-state index contributed by atoms with van der Waals surface area (Å²) in [5, 5.41) is 6.87. The summed E-state index contributed by atoms with van der Waals surface area (Å²) in [6, 6.07) is 11.9. The number of amides is 1. The Bertz CT molecular complexity index is 1220. The van der Waals surface area contributed by atoms with E-state index in [9.17, 15) is 17.6 Å². The van der Waals surface area contributed by atoms with Gasteiger partial charge in [-0.3, -0.25) is 4.79 Å². The van der Waals surface area contributed by atoms with Crippen LogP contribution < -0.4 is 5.32 Å². The lowest BCUT2D eigenvalue weighted by Crippen LogP contribution is -2.32. The molecule has 2 heterocycles. The van der Waals surface area contributed by atoms with E-state index >= 15 is 0 Å². The molecule has 4 rings (SSSR count). The molecule has 0 radical (unpaired) electrons. The summed E-state index contributed by atoms with van der Waals surface area (Å²) in [6.07, 6.45) is 3.74. The first-order valence-corrected chi connectivity index (χ1v) is 11.9. The lowest BCUT2D eigenvalue weighted by Gasteiger charge is -2.20. The molecule has 168 valence electrons. The minimum atomic E-state index is -3.63. The second kappa shape index (κ2) is 9.17. The van der Waals surface area contributed by atoms with E-state index < -0.39 is 15.9 Å². The number of aromatic nitrogens is 3. The number of carbonyl (C=O) groups excluding carboxylic acids is 1. The van der Waals surface area contributed by atoms with Crippen LogP contribution in [0.25, 0.3) is 5.69 Å². The molecule has 0 aliphatic carbocycles. The first-order chi connectivity index (χ1) is 15.3. The maximum atomic E-state index is 13.2. The van der Waals surface area contributed by atoms with Crippen molar-refractivity contribution in [1.29, 1.82) is 0 Å². The molecule has 1 fully saturated rings. The summed E-state index contributed by atoms with van der Waals surface area (Å²) >= 11 is 0. The van der Waals surface area contributed by atoms with Crippen molar-refractivity contribution in [2.24, 2.45) is 0 Å². The minimum absolute atomic E-state index is 0.0763. The number of benzene rings is 2. The van der Waals surface area contributed by atoms with Crippen LogP contribution in [0.5, 0.6) is 0 Å². The Labute approximate surface area is 186 Å². The molecular weight excluding hydrogens is 433 g/mol. The number of hydrogen-bond donors (Lipinski definition) is 1. The van der Waals surface area contributed by atoms with E-state index in [4.69, 9.17) is 0 Å². The third-order valence-corrected chi connectivity index (χ3v) is 7.23. The van der Waals surface area contributed by atoms with Gasteiger partial charge in [-0.15, -0.1) is 5.10 Å². The van der Waals surface area contributed by atoms with Crippen LogP contribution in [-0.4, -0.2) is 46.5 Å². The van der Waals surface area contributed by atoms with E-state index in [1.54, 1.807) is 19.1 Å². The summed E-state index contributed by atoms with van der Waals surface area (Å²) in [6.45, 7) is 2.69. The molecule has 0 unspecified atom stereocenters. The van der Waals surface area contributed by atoms with Gasteiger partial charge in [-0.05, 0) is 62.2 Å². The third-order valence-electron chi connectivity index (χ3n) is 5.34. The lowest BCUT2D eigenvalue weighted by molar-refractivity contribution is 0.101. The van der Waals surface area contributed by atoms with Crippen molar-refractivity contribution in [1.82, 2.24) is 19.1 Å². The summed E-state index contributed by atoms with van der Waals surface area (Å²) < 4.78 is 42.2. The highest BCUT2D eigenvalue weighted by Crippen LogP contribution is 2.23. The Morgan fingerprint density at radius 2 is 1.72 bits per heavy atom. The topological polar surface area (TPSA) is 97.2 Å². The van der Waals surface area contributed by atoms with Gasteiger partial charge in [0.2, 0.25) is 15.8 Å². The van der Waals surface area contributed by atoms with Gasteiger partial charge in [0.05, 0.1) is 10.6 Å². The number of sulfonamides is 1. The van der Waals surface area contributed by atoms with Crippen LogP contribution in [0.1, 0.15) is 42.1 Å². The Kier molecular flexibility index (Phi) is 6.33. The van der Waals surface area contributed by atoms with Crippen LogP contribution in [0.15, 0.2) is 53.4 Å². The summed E-state index contributed by atoms with van der Waals surface area (Å²) in [4.78, 5) is 17.0. The number of halogens is 1. The van der Waals surface area contributed by atoms with Gasteiger partial charge < -0.3 is 5.32 Å². The molecule has 8 nitrogen and oxygen atoms in total. The second-order valence-electron chi connectivity index (χ2n) is 7.67. The molecule has 1 aromatic heterocycles. The number of hydrogen-bond acceptors (Lipinski definition) is 5. The van der Waals surface area contributed by atoms with Crippen LogP contribution in [0.4, 0.5) is 10.1 Å². The molecule has 1 aliphatic heterocycles. The van der Waals surface area contributed by atoms with Crippen LogP contribution in [0, 0.1) is 12.7 Å². The van der Waals surface area contributed by atoms with Gasteiger partial charge in [0, 0.05) is 18.8 Å². The molecule has 0 bridgehead atoms. The predicted molar refractivity (Wildman–Crippen MR) is 118 cm³/mol. The van der Waals surface area contributed by atoms with Gasteiger partial charge in [0.25, 0.3) is 5.91 Å². The van der Waals surface area contributed by atoms with Crippen LogP contribution >= 0.6 is 0 Å². The number of carbonyl (C=O) groups is 1. The highest BCUT2D eigenvalue weighted by Gasteiger charge is 2.25. The minimum Gasteiger partial charge on any atom is -0.319 e. The highest BCUT2D eigenvalue weighted by atomic mass is 32.2. The van der Waals surface area contributed by atoms with Crippen molar-refractivity contribution in [3.8, 4) is 5.69 Å². The molecule has 0 saturated carbocycles. The first kappa shape index (κ1) is 22.1. The molecule has 1 amide bonds. The Hall–Kier alpha value is -3.11. The third kappa shape index (κ3) is 4.71. The van der Waals surface area contributed by atoms with E-state index in [0.29, 0.717) is 30.3 Å². The summed E-state index contributed by atoms with van der Waals surface area (Å²) in [5.41, 5.74) is 0.905. The van der Waals surface area contributed by atoms with Crippen molar-refractivity contribution in [2.75, 3.05) is 18.4 Å². The molecule has 0 spiro atoms. The smallest absolute Gasteiger partial charge is 0.295 e. The number of aryl methyl sites for hydroxylation is 1. The van der Waals surface area contributed by atoms with Crippen LogP contribution in [-0.2, 0) is 10.0 Å². The van der Waals surface area contributed by atoms with Crippen LogP contribution in [0.3, 0.4) is 0 Å². The fourth-order valence-corrected chi connectivity index (χ4v) is 5.23. The fourth-order valence-electron chi connectivity index (χ4n) is 3.67. The molecule has 0 atom stereocenters. The van der Waals surface area contributed by atoms with E-state index in [1.807, 2.05) is 0 Å². The molecule has 1 aliphatic rings. The van der Waals surface area contributed by atoms with Crippen LogP contribution in [0.2, 0.25) is 0 Å². The number of rotatable bonds is 5. The zero-order valence-corrected chi connectivity index (χ0v) is 18.5. The van der Waals surface area contributed by atoms with Crippen molar-refractivity contribution in [3.05, 3.63) is 66.0 Å². The van der Waals surface area contributed by atoms with Crippen molar-refractivity contribution in [3.63, 3.8) is 0 Å². The molecule has 32 heavy (non-hydrogen) atoms. The average Bonchev–Trinajstić information content (AvgIpc) is 2.98. The highest BCUT2D eigenvalue weighted by molar-refractivity contribution is 7.89. The van der Waals surface area contributed by atoms with Gasteiger partial charge in [-0.25, -0.2) is 22.5 Å². The molecule has 1 saturated heterocycles. The molecule has 1 N–H and O–H groups in total. The van der Waals surface area contributed by atoms with Gasteiger partial charge in [-0.2, -0.15) is 4.31 Å². The molecule has 10 heteroatoms. The van der Waals surface area contributed by atoms with Crippen molar-refractivity contribution < 1.29 is 17.6 Å². The van der Waals surface area contributed by atoms with Gasteiger partial charge in [0.15, 0.2) is 0 Å². The largest absolute Gasteiger partial charge is 0.319 e. The number of anilines is 1. The second-order valence-corrected chi connectivity index (χ2v) is 9.61.